The Morgan fingerprint density at radius 2 is 2.05 bits per heavy atom. The number of piperazine rings is 1. The average molecular weight is 291 g/mol. The maximum atomic E-state index is 6.07. The van der Waals surface area contributed by atoms with E-state index in [1.807, 2.05) is 30.7 Å². The molecule has 0 aliphatic carbocycles. The van der Waals surface area contributed by atoms with Crippen LogP contribution in [0.25, 0.3) is 11.3 Å². The van der Waals surface area contributed by atoms with Crippen LogP contribution in [0.1, 0.15) is 0 Å². The lowest BCUT2D eigenvalue weighted by Crippen LogP contribution is -2.44. The molecule has 1 aromatic heterocycles. The van der Waals surface area contributed by atoms with Gasteiger partial charge in [0.1, 0.15) is 0 Å². The molecule has 0 radical (unpaired) electrons. The van der Waals surface area contributed by atoms with Gasteiger partial charge in [-0.1, -0.05) is 23.7 Å². The third-order valence-electron chi connectivity index (χ3n) is 3.70. The lowest BCUT2D eigenvalue weighted by atomic mass is 10.1. The van der Waals surface area contributed by atoms with Crippen molar-refractivity contribution < 1.29 is 0 Å². The van der Waals surface area contributed by atoms with Gasteiger partial charge in [0.2, 0.25) is 0 Å². The average Bonchev–Trinajstić information content (AvgIpc) is 2.95. The topological polar surface area (TPSA) is 33.1 Å². The number of hydrogen-bond donors (Lipinski definition) is 1. The Balaban J connectivity index is 1.70. The highest BCUT2D eigenvalue weighted by atomic mass is 35.5. The molecular formula is C15H19ClN4. The minimum Gasteiger partial charge on any atom is -0.329 e. The van der Waals surface area contributed by atoms with Crippen LogP contribution < -0.4 is 5.32 Å². The van der Waals surface area contributed by atoms with E-state index >= 15 is 0 Å². The van der Waals surface area contributed by atoms with Crippen molar-refractivity contribution in [3.05, 3.63) is 41.8 Å². The van der Waals surface area contributed by atoms with Gasteiger partial charge in [0.25, 0.3) is 0 Å². The van der Waals surface area contributed by atoms with Gasteiger partial charge in [0.15, 0.2) is 0 Å². The molecule has 106 valence electrons. The molecule has 1 fully saturated rings. The highest BCUT2D eigenvalue weighted by molar-refractivity contribution is 6.30. The predicted molar refractivity (Wildman–Crippen MR) is 82.0 cm³/mol. The number of imidazole rings is 1. The summed E-state index contributed by atoms with van der Waals surface area (Å²) in [6.45, 7) is 6.45. The second-order valence-electron chi connectivity index (χ2n) is 5.07. The summed E-state index contributed by atoms with van der Waals surface area (Å²) in [5.41, 5.74) is 2.25. The Kier molecular flexibility index (Phi) is 4.35. The fraction of sp³-hybridized carbons (Fsp3) is 0.400. The van der Waals surface area contributed by atoms with E-state index in [9.17, 15) is 0 Å². The summed E-state index contributed by atoms with van der Waals surface area (Å²) in [7, 11) is 0. The smallest absolute Gasteiger partial charge is 0.0951 e. The number of benzene rings is 1. The maximum Gasteiger partial charge on any atom is 0.0951 e. The van der Waals surface area contributed by atoms with E-state index in [0.717, 1.165) is 55.5 Å². The molecule has 0 unspecified atom stereocenters. The number of hydrogen-bond acceptors (Lipinski definition) is 3. The van der Waals surface area contributed by atoms with Crippen molar-refractivity contribution in [1.29, 1.82) is 0 Å². The molecule has 1 aliphatic heterocycles. The Morgan fingerprint density at radius 1 is 1.20 bits per heavy atom. The van der Waals surface area contributed by atoms with Crippen LogP contribution in [0.15, 0.2) is 36.8 Å². The van der Waals surface area contributed by atoms with Crippen molar-refractivity contribution in [1.82, 2.24) is 19.8 Å². The first-order valence-corrected chi connectivity index (χ1v) is 7.40. The summed E-state index contributed by atoms with van der Waals surface area (Å²) in [5.74, 6) is 0. The second-order valence-corrected chi connectivity index (χ2v) is 5.51. The van der Waals surface area contributed by atoms with Crippen LogP contribution in [0.4, 0.5) is 0 Å². The number of nitrogens with one attached hydrogen (secondary N) is 1. The molecule has 0 atom stereocenters. The van der Waals surface area contributed by atoms with Gasteiger partial charge in [-0.3, -0.25) is 4.90 Å². The molecule has 1 aromatic carbocycles. The summed E-state index contributed by atoms with van der Waals surface area (Å²) in [6.07, 6.45) is 3.81. The monoisotopic (exact) mass is 290 g/mol. The van der Waals surface area contributed by atoms with E-state index in [-0.39, 0.29) is 0 Å². The van der Waals surface area contributed by atoms with Crippen molar-refractivity contribution in [3.8, 4) is 11.3 Å². The van der Waals surface area contributed by atoms with Crippen LogP contribution in [-0.2, 0) is 6.54 Å². The van der Waals surface area contributed by atoms with Crippen LogP contribution in [0, 0.1) is 0 Å². The SMILES string of the molecule is Clc1cccc(-c2cncn2CCN2CCNCC2)c1. The molecule has 1 N–H and O–H groups in total. The number of rotatable bonds is 4. The molecule has 4 nitrogen and oxygen atoms in total. The Hall–Kier alpha value is -1.36. The predicted octanol–water partition coefficient (Wildman–Crippen LogP) is 2.11. The Bertz CT molecular complexity index is 561. The van der Waals surface area contributed by atoms with Crippen LogP contribution in [-0.4, -0.2) is 47.2 Å². The Labute approximate surface area is 124 Å². The van der Waals surface area contributed by atoms with Gasteiger partial charge in [-0.2, -0.15) is 0 Å². The summed E-state index contributed by atoms with van der Waals surface area (Å²) in [5, 5.41) is 4.14. The van der Waals surface area contributed by atoms with Gasteiger partial charge in [0, 0.05) is 49.9 Å². The molecule has 1 aliphatic rings. The number of nitrogens with zero attached hydrogens (tertiary/aromatic N) is 3. The molecule has 1 saturated heterocycles. The van der Waals surface area contributed by atoms with E-state index in [0.29, 0.717) is 0 Å². The van der Waals surface area contributed by atoms with Crippen molar-refractivity contribution >= 4 is 11.6 Å². The highest BCUT2D eigenvalue weighted by Crippen LogP contribution is 2.22. The zero-order valence-electron chi connectivity index (χ0n) is 11.4. The van der Waals surface area contributed by atoms with Gasteiger partial charge in [-0.25, -0.2) is 4.98 Å². The van der Waals surface area contributed by atoms with E-state index in [2.05, 4.69) is 25.8 Å². The Morgan fingerprint density at radius 3 is 2.85 bits per heavy atom. The summed E-state index contributed by atoms with van der Waals surface area (Å²) >= 11 is 6.07. The van der Waals surface area contributed by atoms with E-state index in [4.69, 9.17) is 11.6 Å². The molecule has 0 amide bonds. The highest BCUT2D eigenvalue weighted by Gasteiger charge is 2.11. The van der Waals surface area contributed by atoms with Crippen molar-refractivity contribution in [2.45, 2.75) is 6.54 Å². The lowest BCUT2D eigenvalue weighted by Gasteiger charge is -2.27. The largest absolute Gasteiger partial charge is 0.329 e. The molecule has 3 rings (SSSR count). The van der Waals surface area contributed by atoms with Crippen molar-refractivity contribution in [3.63, 3.8) is 0 Å². The van der Waals surface area contributed by atoms with Crippen LogP contribution in [0.5, 0.6) is 0 Å². The maximum absolute atomic E-state index is 6.07. The molecule has 0 bridgehead atoms. The lowest BCUT2D eigenvalue weighted by molar-refractivity contribution is 0.233. The molecule has 2 aromatic rings. The number of aromatic nitrogens is 2. The van der Waals surface area contributed by atoms with Gasteiger partial charge in [-0.15, -0.1) is 0 Å². The summed E-state index contributed by atoms with van der Waals surface area (Å²) in [4.78, 5) is 6.77. The molecule has 0 saturated carbocycles. The zero-order valence-corrected chi connectivity index (χ0v) is 12.2. The molecule has 0 spiro atoms. The normalized spacial score (nSPS) is 16.4. The quantitative estimate of drug-likeness (QED) is 0.936. The van der Waals surface area contributed by atoms with Gasteiger partial charge >= 0.3 is 0 Å². The van der Waals surface area contributed by atoms with E-state index in [1.165, 1.54) is 0 Å². The molecule has 2 heterocycles. The van der Waals surface area contributed by atoms with E-state index in [1.54, 1.807) is 0 Å². The third kappa shape index (κ3) is 3.20. The molecule has 5 heteroatoms. The van der Waals surface area contributed by atoms with Crippen molar-refractivity contribution in [2.24, 2.45) is 0 Å². The standard InChI is InChI=1S/C15H19ClN4/c16-14-3-1-2-13(10-14)15-11-18-12-20(15)9-8-19-6-4-17-5-7-19/h1-3,10-12,17H,4-9H2. The fourth-order valence-corrected chi connectivity index (χ4v) is 2.76. The van der Waals surface area contributed by atoms with Gasteiger partial charge in [0.05, 0.1) is 18.2 Å². The first-order chi connectivity index (χ1) is 9.83. The molecule has 20 heavy (non-hydrogen) atoms. The fourth-order valence-electron chi connectivity index (χ4n) is 2.57. The number of halogens is 1. The van der Waals surface area contributed by atoms with Crippen LogP contribution >= 0.6 is 11.6 Å². The first kappa shape index (κ1) is 13.6. The van der Waals surface area contributed by atoms with Crippen LogP contribution in [0.2, 0.25) is 5.02 Å². The van der Waals surface area contributed by atoms with Crippen molar-refractivity contribution in [2.75, 3.05) is 32.7 Å². The zero-order chi connectivity index (χ0) is 13.8. The third-order valence-corrected chi connectivity index (χ3v) is 3.93. The van der Waals surface area contributed by atoms with Gasteiger partial charge < -0.3 is 9.88 Å². The summed E-state index contributed by atoms with van der Waals surface area (Å²) < 4.78 is 2.20. The minimum absolute atomic E-state index is 0.761. The molecular weight excluding hydrogens is 272 g/mol. The van der Waals surface area contributed by atoms with Crippen LogP contribution in [0.3, 0.4) is 0 Å². The minimum atomic E-state index is 0.761. The second kappa shape index (κ2) is 6.39. The summed E-state index contributed by atoms with van der Waals surface area (Å²) in [6, 6.07) is 7.93. The first-order valence-electron chi connectivity index (χ1n) is 7.02. The van der Waals surface area contributed by atoms with Gasteiger partial charge in [-0.05, 0) is 12.1 Å². The van der Waals surface area contributed by atoms with E-state index < -0.39 is 0 Å².